The van der Waals surface area contributed by atoms with Gasteiger partial charge in [0.05, 0.1) is 30.1 Å². The number of fused-ring (bicyclic) bond motifs is 1. The number of methoxy groups -OCH3 is 1. The number of nitrogens with zero attached hydrogens (tertiary/aromatic N) is 3. The summed E-state index contributed by atoms with van der Waals surface area (Å²) in [4.78, 5) is 29.0. The van der Waals surface area contributed by atoms with Gasteiger partial charge in [0.25, 0.3) is 5.91 Å². The summed E-state index contributed by atoms with van der Waals surface area (Å²) in [5.41, 5.74) is 4.13. The van der Waals surface area contributed by atoms with Gasteiger partial charge < -0.3 is 15.4 Å². The second kappa shape index (κ2) is 10.0. The number of hydrogen-bond donors (Lipinski definition) is 2. The molecule has 1 fully saturated rings. The maximum Gasteiger partial charge on any atom is 0.305 e. The first-order valence-electron chi connectivity index (χ1n) is 11.5. The smallest absolute Gasteiger partial charge is 0.305 e. The Morgan fingerprint density at radius 1 is 1.18 bits per heavy atom. The molecule has 0 saturated heterocycles. The second-order valence-corrected chi connectivity index (χ2v) is 9.00. The third-order valence-electron chi connectivity index (χ3n) is 6.17. The molecule has 8 nitrogen and oxygen atoms in total. The van der Waals surface area contributed by atoms with Gasteiger partial charge in [-0.2, -0.15) is 5.10 Å². The van der Waals surface area contributed by atoms with Crippen molar-refractivity contribution < 1.29 is 14.3 Å². The van der Waals surface area contributed by atoms with Crippen molar-refractivity contribution in [1.82, 2.24) is 19.9 Å². The second-order valence-electron chi connectivity index (χ2n) is 9.00. The molecular formula is C25H31N5O3. The monoisotopic (exact) mass is 449 g/mol. The van der Waals surface area contributed by atoms with Gasteiger partial charge in [0.2, 0.25) is 0 Å². The minimum atomic E-state index is -0.163. The lowest BCUT2D eigenvalue weighted by Crippen LogP contribution is -2.38. The molecule has 3 heterocycles. The summed E-state index contributed by atoms with van der Waals surface area (Å²) in [6.45, 7) is 4.10. The maximum atomic E-state index is 13.3. The first-order valence-corrected chi connectivity index (χ1v) is 11.5. The van der Waals surface area contributed by atoms with Crippen LogP contribution in [0.2, 0.25) is 0 Å². The largest absolute Gasteiger partial charge is 0.469 e. The minimum absolute atomic E-state index is 0.0901. The van der Waals surface area contributed by atoms with Crippen LogP contribution in [-0.4, -0.2) is 45.7 Å². The van der Waals surface area contributed by atoms with Gasteiger partial charge in [0.1, 0.15) is 0 Å². The maximum absolute atomic E-state index is 13.3. The van der Waals surface area contributed by atoms with Crippen molar-refractivity contribution in [2.45, 2.75) is 58.0 Å². The molecule has 0 unspecified atom stereocenters. The van der Waals surface area contributed by atoms with E-state index in [9.17, 15) is 9.59 Å². The quantitative estimate of drug-likeness (QED) is 0.528. The van der Waals surface area contributed by atoms with E-state index in [0.29, 0.717) is 17.9 Å². The van der Waals surface area contributed by atoms with E-state index in [4.69, 9.17) is 4.74 Å². The van der Waals surface area contributed by atoms with Crippen LogP contribution in [-0.2, 0) is 9.53 Å². The zero-order valence-corrected chi connectivity index (χ0v) is 19.4. The Hall–Kier alpha value is -3.42. The molecule has 0 radical (unpaired) electrons. The van der Waals surface area contributed by atoms with Crippen LogP contribution in [0.3, 0.4) is 0 Å². The molecule has 2 N–H and O–H groups in total. The molecule has 1 aliphatic carbocycles. The summed E-state index contributed by atoms with van der Waals surface area (Å²) in [5.74, 6) is 0.0335. The Balaban J connectivity index is 1.54. The summed E-state index contributed by atoms with van der Waals surface area (Å²) < 4.78 is 6.58. The van der Waals surface area contributed by atoms with Crippen molar-refractivity contribution in [3.8, 4) is 11.1 Å². The molecule has 0 aliphatic heterocycles. The highest BCUT2D eigenvalue weighted by molar-refractivity contribution is 6.03. The fourth-order valence-corrected chi connectivity index (χ4v) is 4.45. The van der Waals surface area contributed by atoms with E-state index in [1.165, 1.54) is 7.11 Å². The summed E-state index contributed by atoms with van der Waals surface area (Å²) >= 11 is 0. The summed E-state index contributed by atoms with van der Waals surface area (Å²) in [6.07, 6.45) is 11.1. The van der Waals surface area contributed by atoms with Crippen molar-refractivity contribution in [1.29, 1.82) is 0 Å². The van der Waals surface area contributed by atoms with E-state index < -0.39 is 0 Å². The number of anilines is 1. The van der Waals surface area contributed by atoms with Crippen molar-refractivity contribution in [2.24, 2.45) is 5.92 Å². The van der Waals surface area contributed by atoms with Crippen molar-refractivity contribution in [3.05, 3.63) is 48.5 Å². The van der Waals surface area contributed by atoms with Gasteiger partial charge in [-0.3, -0.25) is 14.6 Å². The number of amides is 1. The Kier molecular flexibility index (Phi) is 6.91. The van der Waals surface area contributed by atoms with E-state index in [0.717, 1.165) is 48.0 Å². The van der Waals surface area contributed by atoms with Crippen molar-refractivity contribution in [2.75, 3.05) is 12.4 Å². The van der Waals surface area contributed by atoms with E-state index in [2.05, 4.69) is 20.7 Å². The van der Waals surface area contributed by atoms with Crippen LogP contribution in [0.1, 0.15) is 56.3 Å². The molecule has 8 heteroatoms. The highest BCUT2D eigenvalue weighted by Gasteiger charge is 2.26. The average Bonchev–Trinajstić information content (AvgIpc) is 3.25. The Bertz CT molecular complexity index is 1120. The lowest BCUT2D eigenvalue weighted by atomic mass is 9.84. The molecule has 4 rings (SSSR count). The Labute approximate surface area is 193 Å². The Morgan fingerprint density at radius 2 is 1.97 bits per heavy atom. The first-order chi connectivity index (χ1) is 15.9. The number of rotatable bonds is 7. The summed E-state index contributed by atoms with van der Waals surface area (Å²) in [5, 5.41) is 11.1. The highest BCUT2D eigenvalue weighted by atomic mass is 16.5. The van der Waals surface area contributed by atoms with Crippen molar-refractivity contribution in [3.63, 3.8) is 0 Å². The number of ether oxygens (including phenoxy) is 1. The van der Waals surface area contributed by atoms with Crippen LogP contribution in [0.15, 0.2) is 43.0 Å². The number of nitrogens with one attached hydrogen (secondary N) is 2. The standard InChI is InChI=1S/C25H31N5O3/c1-16(2)28-24-21(25(32)29-20-8-6-17(7-9-20)11-23(31)33-3)14-27-30-15-19(12-22(24)30)18-5-4-10-26-13-18/h4-5,10,12-17,20,28H,6-9,11H2,1-3H3,(H,29,32). The molecule has 0 atom stereocenters. The van der Waals surface area contributed by atoms with Gasteiger partial charge in [-0.25, -0.2) is 4.52 Å². The topological polar surface area (TPSA) is 97.6 Å². The molecule has 1 amide bonds. The molecule has 0 bridgehead atoms. The molecule has 0 spiro atoms. The number of hydrogen-bond acceptors (Lipinski definition) is 6. The van der Waals surface area contributed by atoms with Gasteiger partial charge in [-0.05, 0) is 57.6 Å². The zero-order valence-electron chi connectivity index (χ0n) is 19.4. The van der Waals surface area contributed by atoms with E-state index in [1.54, 1.807) is 16.9 Å². The summed E-state index contributed by atoms with van der Waals surface area (Å²) in [6, 6.07) is 6.17. The number of carbonyl (C=O) groups is 2. The van der Waals surface area contributed by atoms with Crippen molar-refractivity contribution >= 4 is 23.1 Å². The lowest BCUT2D eigenvalue weighted by molar-refractivity contribution is -0.142. The van der Waals surface area contributed by atoms with E-state index >= 15 is 0 Å². The normalized spacial score (nSPS) is 18.3. The van der Waals surface area contributed by atoms with Crippen LogP contribution in [0.4, 0.5) is 5.69 Å². The SMILES string of the molecule is COC(=O)CC1CCC(NC(=O)c2cnn3cc(-c4cccnc4)cc3c2NC(C)C)CC1. The molecule has 3 aromatic rings. The van der Waals surface area contributed by atoms with Gasteiger partial charge in [-0.15, -0.1) is 0 Å². The number of pyridine rings is 1. The number of esters is 1. The van der Waals surface area contributed by atoms with E-state index in [-0.39, 0.29) is 24.0 Å². The first kappa shape index (κ1) is 22.8. The Morgan fingerprint density at radius 3 is 2.64 bits per heavy atom. The highest BCUT2D eigenvalue weighted by Crippen LogP contribution is 2.30. The molecule has 3 aromatic heterocycles. The fraction of sp³-hybridized carbons (Fsp3) is 0.440. The van der Waals surface area contributed by atoms with E-state index in [1.807, 2.05) is 44.4 Å². The van der Waals surface area contributed by atoms with Crippen LogP contribution < -0.4 is 10.6 Å². The lowest BCUT2D eigenvalue weighted by Gasteiger charge is -2.28. The molecule has 1 aliphatic rings. The average molecular weight is 450 g/mol. The molecule has 174 valence electrons. The predicted molar refractivity (Wildman–Crippen MR) is 127 cm³/mol. The minimum Gasteiger partial charge on any atom is -0.469 e. The van der Waals surface area contributed by atoms with Crippen LogP contribution in [0, 0.1) is 5.92 Å². The predicted octanol–water partition coefficient (Wildman–Crippen LogP) is 4.07. The van der Waals surface area contributed by atoms with Crippen LogP contribution >= 0.6 is 0 Å². The van der Waals surface area contributed by atoms with Gasteiger partial charge in [-0.1, -0.05) is 6.07 Å². The molecule has 1 saturated carbocycles. The fourth-order valence-electron chi connectivity index (χ4n) is 4.45. The number of aromatic nitrogens is 3. The summed E-state index contributed by atoms with van der Waals surface area (Å²) in [7, 11) is 1.42. The molecule has 33 heavy (non-hydrogen) atoms. The van der Waals surface area contributed by atoms with Gasteiger partial charge >= 0.3 is 5.97 Å². The molecular weight excluding hydrogens is 418 g/mol. The third-order valence-corrected chi connectivity index (χ3v) is 6.17. The number of carbonyl (C=O) groups excluding carboxylic acids is 2. The molecule has 0 aromatic carbocycles. The zero-order chi connectivity index (χ0) is 23.4. The van der Waals surface area contributed by atoms with Crippen LogP contribution in [0.25, 0.3) is 16.6 Å². The van der Waals surface area contributed by atoms with Gasteiger partial charge in [0, 0.05) is 48.2 Å². The third kappa shape index (κ3) is 5.32. The van der Waals surface area contributed by atoms with Crippen LogP contribution in [0.5, 0.6) is 0 Å². The van der Waals surface area contributed by atoms with Gasteiger partial charge in [0.15, 0.2) is 0 Å².